The first-order chi connectivity index (χ1) is 9.99. The number of hydrogen-bond acceptors (Lipinski definition) is 3. The third-order valence-electron chi connectivity index (χ3n) is 3.17. The summed E-state index contributed by atoms with van der Waals surface area (Å²) in [7, 11) is 0. The van der Waals surface area contributed by atoms with Crippen LogP contribution in [0.4, 0.5) is 0 Å². The molecule has 4 nitrogen and oxygen atoms in total. The van der Waals surface area contributed by atoms with Gasteiger partial charge in [-0.3, -0.25) is 4.79 Å². The highest BCUT2D eigenvalue weighted by Gasteiger charge is 2.19. The van der Waals surface area contributed by atoms with Gasteiger partial charge in [0.05, 0.1) is 12.1 Å². The molecule has 2 rings (SSSR count). The Morgan fingerprint density at radius 1 is 1.14 bits per heavy atom. The lowest BCUT2D eigenvalue weighted by molar-refractivity contribution is 0.0680. The van der Waals surface area contributed by atoms with Crippen molar-refractivity contribution in [2.75, 3.05) is 0 Å². The van der Waals surface area contributed by atoms with Crippen molar-refractivity contribution in [3.05, 3.63) is 57.8 Å². The van der Waals surface area contributed by atoms with E-state index in [1.54, 1.807) is 28.4 Å². The molecule has 0 spiro atoms. The number of benzene rings is 1. The van der Waals surface area contributed by atoms with E-state index in [0.717, 1.165) is 4.88 Å². The quantitative estimate of drug-likeness (QED) is 0.919. The van der Waals surface area contributed by atoms with Crippen molar-refractivity contribution in [1.82, 2.24) is 4.90 Å². The lowest BCUT2D eigenvalue weighted by Crippen LogP contribution is -2.36. The average molecular weight is 303 g/mol. The van der Waals surface area contributed by atoms with Crippen molar-refractivity contribution < 1.29 is 14.7 Å². The molecule has 1 N–H and O–H groups in total. The zero-order valence-corrected chi connectivity index (χ0v) is 12.8. The minimum atomic E-state index is -0.992. The predicted octanol–water partition coefficient (Wildman–Crippen LogP) is 3.50. The smallest absolute Gasteiger partial charge is 0.335 e. The van der Waals surface area contributed by atoms with Crippen LogP contribution in [0, 0.1) is 0 Å². The second-order valence-electron chi connectivity index (χ2n) is 4.99. The molecule has 110 valence electrons. The van der Waals surface area contributed by atoms with Crippen molar-refractivity contribution in [2.45, 2.75) is 26.4 Å². The van der Waals surface area contributed by atoms with Gasteiger partial charge in [0.2, 0.25) is 0 Å². The Balaban J connectivity index is 2.19. The molecule has 2 aromatic rings. The minimum absolute atomic E-state index is 0.0683. The molecule has 21 heavy (non-hydrogen) atoms. The monoisotopic (exact) mass is 303 g/mol. The number of rotatable bonds is 5. The van der Waals surface area contributed by atoms with Crippen LogP contribution in [-0.2, 0) is 6.54 Å². The van der Waals surface area contributed by atoms with Gasteiger partial charge in [-0.25, -0.2) is 4.79 Å². The number of carbonyl (C=O) groups is 2. The topological polar surface area (TPSA) is 57.6 Å². The van der Waals surface area contributed by atoms with Crippen LogP contribution < -0.4 is 0 Å². The molecule has 0 radical (unpaired) electrons. The molecule has 0 aliphatic carbocycles. The molecule has 1 aromatic heterocycles. The van der Waals surface area contributed by atoms with Gasteiger partial charge in [-0.2, -0.15) is 0 Å². The summed E-state index contributed by atoms with van der Waals surface area (Å²) in [6.45, 7) is 4.50. The lowest BCUT2D eigenvalue weighted by Gasteiger charge is -2.26. The summed E-state index contributed by atoms with van der Waals surface area (Å²) < 4.78 is 0. The maximum Gasteiger partial charge on any atom is 0.335 e. The summed E-state index contributed by atoms with van der Waals surface area (Å²) in [6.07, 6.45) is 0. The van der Waals surface area contributed by atoms with Crippen LogP contribution in [0.1, 0.15) is 39.4 Å². The van der Waals surface area contributed by atoms with Crippen molar-refractivity contribution in [2.24, 2.45) is 0 Å². The van der Waals surface area contributed by atoms with E-state index < -0.39 is 5.97 Å². The summed E-state index contributed by atoms with van der Waals surface area (Å²) in [5.41, 5.74) is 0.686. The Bertz CT molecular complexity index is 617. The fourth-order valence-electron chi connectivity index (χ4n) is 1.98. The number of carboxylic acids is 1. The maximum atomic E-state index is 12.6. The molecule has 1 heterocycles. The number of hydrogen-bond donors (Lipinski definition) is 1. The third kappa shape index (κ3) is 3.70. The molecule has 1 amide bonds. The molecule has 0 atom stereocenters. The fraction of sp³-hybridized carbons (Fsp3) is 0.250. The first kappa shape index (κ1) is 15.3. The van der Waals surface area contributed by atoms with E-state index in [1.165, 1.54) is 12.1 Å². The van der Waals surface area contributed by atoms with Crippen LogP contribution in [0.15, 0.2) is 41.8 Å². The molecule has 1 aromatic carbocycles. The van der Waals surface area contributed by atoms with Crippen molar-refractivity contribution in [3.8, 4) is 0 Å². The van der Waals surface area contributed by atoms with E-state index in [4.69, 9.17) is 5.11 Å². The van der Waals surface area contributed by atoms with Gasteiger partial charge in [0.25, 0.3) is 5.91 Å². The molecule has 0 aliphatic rings. The summed E-state index contributed by atoms with van der Waals surface area (Å²) >= 11 is 1.62. The van der Waals surface area contributed by atoms with Gasteiger partial charge >= 0.3 is 5.97 Å². The molecule has 0 bridgehead atoms. The lowest BCUT2D eigenvalue weighted by atomic mass is 10.1. The average Bonchev–Trinajstić information content (AvgIpc) is 2.97. The predicted molar refractivity (Wildman–Crippen MR) is 82.7 cm³/mol. The minimum Gasteiger partial charge on any atom is -0.478 e. The van der Waals surface area contributed by atoms with E-state index in [-0.39, 0.29) is 17.5 Å². The highest BCUT2D eigenvalue weighted by Crippen LogP contribution is 2.17. The van der Waals surface area contributed by atoms with Crippen LogP contribution >= 0.6 is 11.3 Å². The standard InChI is InChI=1S/C16H17NO3S/c1-11(2)17(10-14-4-3-9-21-14)15(18)12-5-7-13(8-6-12)16(19)20/h3-9,11H,10H2,1-2H3,(H,19,20). The Labute approximate surface area is 127 Å². The zero-order valence-electron chi connectivity index (χ0n) is 11.9. The summed E-state index contributed by atoms with van der Waals surface area (Å²) in [4.78, 5) is 26.3. The van der Waals surface area contributed by atoms with Crippen molar-refractivity contribution >= 4 is 23.2 Å². The molecule has 0 saturated carbocycles. The van der Waals surface area contributed by atoms with Gasteiger partial charge in [0.1, 0.15) is 0 Å². The van der Waals surface area contributed by atoms with E-state index in [0.29, 0.717) is 12.1 Å². The number of thiophene rings is 1. The van der Waals surface area contributed by atoms with Gasteiger partial charge in [-0.1, -0.05) is 6.07 Å². The Kier molecular flexibility index (Phi) is 4.75. The normalized spacial score (nSPS) is 10.6. The highest BCUT2D eigenvalue weighted by atomic mass is 32.1. The van der Waals surface area contributed by atoms with Crippen LogP contribution in [-0.4, -0.2) is 27.9 Å². The molecular weight excluding hydrogens is 286 g/mol. The van der Waals surface area contributed by atoms with Gasteiger partial charge in [0, 0.05) is 16.5 Å². The van der Waals surface area contributed by atoms with Gasteiger partial charge in [-0.15, -0.1) is 11.3 Å². The Hall–Kier alpha value is -2.14. The third-order valence-corrected chi connectivity index (χ3v) is 4.03. The van der Waals surface area contributed by atoms with Gasteiger partial charge in [-0.05, 0) is 49.6 Å². The number of amides is 1. The number of carboxylic acid groups (broad SMARTS) is 1. The van der Waals surface area contributed by atoms with E-state index in [2.05, 4.69) is 0 Å². The molecule has 0 unspecified atom stereocenters. The number of aromatic carboxylic acids is 1. The van der Waals surface area contributed by atoms with E-state index in [9.17, 15) is 9.59 Å². The zero-order chi connectivity index (χ0) is 15.4. The second-order valence-corrected chi connectivity index (χ2v) is 6.02. The van der Waals surface area contributed by atoms with Crippen LogP contribution in [0.3, 0.4) is 0 Å². The Morgan fingerprint density at radius 2 is 1.76 bits per heavy atom. The summed E-state index contributed by atoms with van der Waals surface area (Å²) in [6, 6.07) is 10.1. The van der Waals surface area contributed by atoms with Gasteiger partial charge in [0.15, 0.2) is 0 Å². The largest absolute Gasteiger partial charge is 0.478 e. The van der Waals surface area contributed by atoms with Crippen LogP contribution in [0.25, 0.3) is 0 Å². The first-order valence-corrected chi connectivity index (χ1v) is 7.53. The molecular formula is C16H17NO3S. The van der Waals surface area contributed by atoms with E-state index >= 15 is 0 Å². The fourth-order valence-corrected chi connectivity index (χ4v) is 2.68. The second kappa shape index (κ2) is 6.54. The highest BCUT2D eigenvalue weighted by molar-refractivity contribution is 7.09. The first-order valence-electron chi connectivity index (χ1n) is 6.65. The van der Waals surface area contributed by atoms with Crippen LogP contribution in [0.5, 0.6) is 0 Å². The van der Waals surface area contributed by atoms with Crippen molar-refractivity contribution in [3.63, 3.8) is 0 Å². The van der Waals surface area contributed by atoms with Crippen LogP contribution in [0.2, 0.25) is 0 Å². The summed E-state index contributed by atoms with van der Waals surface area (Å²) in [5.74, 6) is -1.08. The van der Waals surface area contributed by atoms with Crippen molar-refractivity contribution in [1.29, 1.82) is 0 Å². The molecule has 5 heteroatoms. The Morgan fingerprint density at radius 3 is 2.24 bits per heavy atom. The maximum absolute atomic E-state index is 12.6. The molecule has 0 saturated heterocycles. The van der Waals surface area contributed by atoms with E-state index in [1.807, 2.05) is 31.4 Å². The van der Waals surface area contributed by atoms with Gasteiger partial charge < -0.3 is 10.0 Å². The molecule has 0 fully saturated rings. The number of carbonyl (C=O) groups excluding carboxylic acids is 1. The molecule has 0 aliphatic heterocycles. The number of nitrogens with zero attached hydrogens (tertiary/aromatic N) is 1. The SMILES string of the molecule is CC(C)N(Cc1cccs1)C(=O)c1ccc(C(=O)O)cc1. The summed E-state index contributed by atoms with van der Waals surface area (Å²) in [5, 5.41) is 10.9.